The van der Waals surface area contributed by atoms with Gasteiger partial charge in [-0.3, -0.25) is 19.0 Å². The summed E-state index contributed by atoms with van der Waals surface area (Å²) in [5, 5.41) is 1.86. The smallest absolute Gasteiger partial charge is 0.310 e. The Bertz CT molecular complexity index is 1240. The molecule has 0 bridgehead atoms. The highest BCUT2D eigenvalue weighted by molar-refractivity contribution is 7.99. The van der Waals surface area contributed by atoms with Crippen molar-refractivity contribution in [2.45, 2.75) is 24.9 Å². The average Bonchev–Trinajstić information content (AvgIpc) is 3.26. The summed E-state index contributed by atoms with van der Waals surface area (Å²) in [5.41, 5.74) is -0.0145. The Labute approximate surface area is 196 Å². The van der Waals surface area contributed by atoms with E-state index in [4.69, 9.17) is 4.74 Å². The minimum Gasteiger partial charge on any atom is -0.466 e. The fraction of sp³-hybridized carbons (Fsp3) is 0.364. The Morgan fingerprint density at radius 2 is 2.03 bits per heavy atom. The predicted molar refractivity (Wildman–Crippen MR) is 122 cm³/mol. The van der Waals surface area contributed by atoms with E-state index in [1.54, 1.807) is 23.3 Å². The molecule has 1 atom stereocenters. The molecule has 0 radical (unpaired) electrons. The van der Waals surface area contributed by atoms with Gasteiger partial charge < -0.3 is 9.64 Å². The highest BCUT2D eigenvalue weighted by Gasteiger charge is 2.29. The van der Waals surface area contributed by atoms with Crippen molar-refractivity contribution >= 4 is 45.2 Å². The summed E-state index contributed by atoms with van der Waals surface area (Å²) < 4.78 is 34.3. The Hall–Kier alpha value is -2.79. The van der Waals surface area contributed by atoms with Crippen LogP contribution in [0.2, 0.25) is 0 Å². The van der Waals surface area contributed by atoms with Crippen LogP contribution in [0.25, 0.3) is 15.9 Å². The average molecular weight is 494 g/mol. The molecule has 0 spiro atoms. The normalized spacial score (nSPS) is 16.2. The molecule has 1 aliphatic heterocycles. The second kappa shape index (κ2) is 10.0. The molecular weight excluding hydrogens is 472 g/mol. The van der Waals surface area contributed by atoms with Crippen LogP contribution >= 0.6 is 23.1 Å². The first kappa shape index (κ1) is 23.4. The first-order valence-electron chi connectivity index (χ1n) is 10.4. The zero-order valence-corrected chi connectivity index (χ0v) is 19.4. The highest BCUT2D eigenvalue weighted by atomic mass is 32.2. The summed E-state index contributed by atoms with van der Waals surface area (Å²) in [6.45, 7) is 2.82. The molecule has 0 N–H and O–H groups in total. The molecule has 4 rings (SSSR count). The number of carbonyl (C=O) groups excluding carboxylic acids is 2. The van der Waals surface area contributed by atoms with E-state index in [1.165, 1.54) is 11.3 Å². The van der Waals surface area contributed by atoms with Crippen LogP contribution in [-0.4, -0.2) is 51.8 Å². The summed E-state index contributed by atoms with van der Waals surface area (Å²) in [6, 6.07) is 4.49. The molecule has 2 aromatic heterocycles. The van der Waals surface area contributed by atoms with Gasteiger partial charge in [0, 0.05) is 19.2 Å². The number of benzene rings is 1. The lowest BCUT2D eigenvalue weighted by Gasteiger charge is -2.31. The lowest BCUT2D eigenvalue weighted by Crippen LogP contribution is -2.43. The lowest BCUT2D eigenvalue weighted by molar-refractivity contribution is -0.151. The molecule has 33 heavy (non-hydrogen) atoms. The molecule has 11 heteroatoms. The quantitative estimate of drug-likeness (QED) is 0.296. The van der Waals surface area contributed by atoms with Crippen LogP contribution in [0.4, 0.5) is 8.78 Å². The molecule has 0 aliphatic carbocycles. The number of rotatable bonds is 6. The van der Waals surface area contributed by atoms with Crippen molar-refractivity contribution in [2.24, 2.45) is 5.92 Å². The maximum absolute atomic E-state index is 13.9. The fourth-order valence-corrected chi connectivity index (χ4v) is 5.43. The zero-order valence-electron chi connectivity index (χ0n) is 17.8. The van der Waals surface area contributed by atoms with Gasteiger partial charge >= 0.3 is 5.97 Å². The topological polar surface area (TPSA) is 81.5 Å². The molecule has 1 aliphatic rings. The monoisotopic (exact) mass is 493 g/mol. The van der Waals surface area contributed by atoms with Gasteiger partial charge in [0.25, 0.3) is 5.56 Å². The number of fused-ring (bicyclic) bond motifs is 1. The van der Waals surface area contributed by atoms with E-state index in [1.807, 2.05) is 0 Å². The molecular formula is C22H21F2N3O4S2. The summed E-state index contributed by atoms with van der Waals surface area (Å²) >= 11 is 2.19. The van der Waals surface area contributed by atoms with Crippen LogP contribution in [0.5, 0.6) is 0 Å². The summed E-state index contributed by atoms with van der Waals surface area (Å²) in [7, 11) is 0. The Balaban J connectivity index is 1.59. The van der Waals surface area contributed by atoms with Crippen LogP contribution in [0.3, 0.4) is 0 Å². The second-order valence-corrected chi connectivity index (χ2v) is 9.38. The van der Waals surface area contributed by atoms with Crippen LogP contribution in [0.15, 0.2) is 39.6 Å². The number of hydrogen-bond acceptors (Lipinski definition) is 7. The van der Waals surface area contributed by atoms with Gasteiger partial charge in [-0.1, -0.05) is 11.8 Å². The molecule has 3 aromatic rings. The molecule has 1 unspecified atom stereocenters. The Morgan fingerprint density at radius 1 is 1.27 bits per heavy atom. The number of carbonyl (C=O) groups is 2. The number of amides is 1. The third-order valence-electron chi connectivity index (χ3n) is 5.27. The molecule has 0 saturated carbocycles. The number of hydrogen-bond donors (Lipinski definition) is 0. The van der Waals surface area contributed by atoms with Crippen LogP contribution in [0.1, 0.15) is 19.8 Å². The summed E-state index contributed by atoms with van der Waals surface area (Å²) in [6.07, 6.45) is 1.35. The van der Waals surface area contributed by atoms with Gasteiger partial charge in [-0.15, -0.1) is 11.3 Å². The third kappa shape index (κ3) is 5.09. The van der Waals surface area contributed by atoms with Gasteiger partial charge in [0.15, 0.2) is 5.16 Å². The SMILES string of the molecule is CCOC(=O)C1CCCN(C(=O)CSc2nc3ccsc3c(=O)n2-c2cc(F)cc(F)c2)C1. The van der Waals surface area contributed by atoms with E-state index in [2.05, 4.69) is 4.98 Å². The van der Waals surface area contributed by atoms with Crippen molar-refractivity contribution in [3.05, 3.63) is 51.6 Å². The number of aromatic nitrogens is 2. The largest absolute Gasteiger partial charge is 0.466 e. The number of esters is 1. The Kier molecular flexibility index (Phi) is 7.08. The number of thiophene rings is 1. The zero-order chi connectivity index (χ0) is 23.5. The molecule has 7 nitrogen and oxygen atoms in total. The van der Waals surface area contributed by atoms with Crippen molar-refractivity contribution < 1.29 is 23.1 Å². The molecule has 1 aromatic carbocycles. The van der Waals surface area contributed by atoms with Gasteiger partial charge in [0.05, 0.1) is 29.5 Å². The predicted octanol–water partition coefficient (Wildman–Crippen LogP) is 3.62. The molecule has 3 heterocycles. The van der Waals surface area contributed by atoms with Crippen LogP contribution < -0.4 is 5.56 Å². The minimum atomic E-state index is -0.825. The number of piperidine rings is 1. The Morgan fingerprint density at radius 3 is 2.76 bits per heavy atom. The van der Waals surface area contributed by atoms with Crippen molar-refractivity contribution in [3.8, 4) is 5.69 Å². The van der Waals surface area contributed by atoms with E-state index in [0.717, 1.165) is 34.5 Å². The number of nitrogens with zero attached hydrogens (tertiary/aromatic N) is 3. The minimum absolute atomic E-state index is 0.00408. The standard InChI is InChI=1S/C22H21F2N3O4S2/c1-2-31-21(30)13-4-3-6-26(11-13)18(28)12-33-22-25-17-5-7-32-19(17)20(29)27(22)16-9-14(23)8-15(24)10-16/h5,7-10,13H,2-4,6,11-12H2,1H3. The molecule has 174 valence electrons. The lowest BCUT2D eigenvalue weighted by atomic mass is 9.98. The van der Waals surface area contributed by atoms with Gasteiger partial charge in [-0.05, 0) is 43.3 Å². The van der Waals surface area contributed by atoms with Gasteiger partial charge in [-0.2, -0.15) is 0 Å². The van der Waals surface area contributed by atoms with Crippen molar-refractivity contribution in [3.63, 3.8) is 0 Å². The van der Waals surface area contributed by atoms with Crippen LogP contribution in [-0.2, 0) is 14.3 Å². The van der Waals surface area contributed by atoms with Crippen molar-refractivity contribution in [2.75, 3.05) is 25.4 Å². The van der Waals surface area contributed by atoms with Crippen molar-refractivity contribution in [1.29, 1.82) is 0 Å². The van der Waals surface area contributed by atoms with Crippen LogP contribution in [0, 0.1) is 17.6 Å². The summed E-state index contributed by atoms with van der Waals surface area (Å²) in [5.74, 6) is -2.58. The van der Waals surface area contributed by atoms with E-state index in [9.17, 15) is 23.2 Å². The third-order valence-corrected chi connectivity index (χ3v) is 7.09. The van der Waals surface area contributed by atoms with E-state index in [-0.39, 0.29) is 47.5 Å². The maximum Gasteiger partial charge on any atom is 0.310 e. The van der Waals surface area contributed by atoms with Crippen molar-refractivity contribution in [1.82, 2.24) is 14.5 Å². The van der Waals surface area contributed by atoms with E-state index >= 15 is 0 Å². The molecule has 1 fully saturated rings. The maximum atomic E-state index is 13.9. The first-order chi connectivity index (χ1) is 15.9. The number of halogens is 2. The van der Waals surface area contributed by atoms with E-state index < -0.39 is 17.2 Å². The first-order valence-corrected chi connectivity index (χ1v) is 12.3. The fourth-order valence-electron chi connectivity index (χ4n) is 3.76. The molecule has 1 amide bonds. The number of ether oxygens (including phenoxy) is 1. The molecule has 1 saturated heterocycles. The van der Waals surface area contributed by atoms with E-state index in [0.29, 0.717) is 29.6 Å². The van der Waals surface area contributed by atoms with Gasteiger partial charge in [-0.25, -0.2) is 13.8 Å². The number of thioether (sulfide) groups is 1. The number of likely N-dealkylation sites (tertiary alicyclic amines) is 1. The van der Waals surface area contributed by atoms with Gasteiger partial charge in [0.1, 0.15) is 16.3 Å². The second-order valence-electron chi connectivity index (χ2n) is 7.52. The van der Waals surface area contributed by atoms with Gasteiger partial charge in [0.2, 0.25) is 5.91 Å². The highest BCUT2D eigenvalue weighted by Crippen LogP contribution is 2.26. The summed E-state index contributed by atoms with van der Waals surface area (Å²) in [4.78, 5) is 44.1.